The van der Waals surface area contributed by atoms with Crippen LogP contribution in [0.3, 0.4) is 0 Å². The van der Waals surface area contributed by atoms with Crippen molar-refractivity contribution in [3.05, 3.63) is 23.9 Å². The summed E-state index contributed by atoms with van der Waals surface area (Å²) in [5.41, 5.74) is 8.75. The second kappa shape index (κ2) is 14.9. The van der Waals surface area contributed by atoms with Crippen LogP contribution in [-0.4, -0.2) is 31.3 Å². The Morgan fingerprint density at radius 1 is 1.03 bits per heavy atom. The molecule has 1 aromatic heterocycles. The first-order valence-corrected chi connectivity index (χ1v) is 12.7. The molecular formula is C27H45N3O2. The highest BCUT2D eigenvalue weighted by atomic mass is 16.5. The highest BCUT2D eigenvalue weighted by molar-refractivity contribution is 5.99. The van der Waals surface area contributed by atoms with Gasteiger partial charge in [0.15, 0.2) is 11.5 Å². The average molecular weight is 444 g/mol. The monoisotopic (exact) mass is 443 g/mol. The second-order valence-corrected chi connectivity index (χ2v) is 8.96. The number of methoxy groups -OCH3 is 1. The zero-order valence-electron chi connectivity index (χ0n) is 20.8. The lowest BCUT2D eigenvalue weighted by Crippen LogP contribution is -2.17. The van der Waals surface area contributed by atoms with Gasteiger partial charge in [-0.1, -0.05) is 58.3 Å². The standard InChI is InChI=1S/C27H45N3O2/c1-5-6-7-8-9-10-11-12-13-19-32-27-24(31-4)20-23(30-22(3)15-14-17-28)26-25(27)21(2)16-18-29-26/h16,18,20,22,30H,5-15,17,19,28H2,1-4H3. The zero-order chi connectivity index (χ0) is 23.2. The Morgan fingerprint density at radius 3 is 2.38 bits per heavy atom. The molecule has 2 aromatic rings. The third kappa shape index (κ3) is 8.16. The molecule has 180 valence electrons. The Bertz CT molecular complexity index is 794. The second-order valence-electron chi connectivity index (χ2n) is 8.96. The van der Waals surface area contributed by atoms with Crippen molar-refractivity contribution in [2.24, 2.45) is 5.73 Å². The molecule has 0 radical (unpaired) electrons. The number of anilines is 1. The van der Waals surface area contributed by atoms with Gasteiger partial charge in [0.25, 0.3) is 0 Å². The first-order valence-electron chi connectivity index (χ1n) is 12.7. The fourth-order valence-corrected chi connectivity index (χ4v) is 4.19. The minimum atomic E-state index is 0.308. The van der Waals surface area contributed by atoms with Crippen molar-refractivity contribution in [1.29, 1.82) is 0 Å². The number of nitrogens with two attached hydrogens (primary N) is 1. The van der Waals surface area contributed by atoms with Crippen LogP contribution in [0.4, 0.5) is 5.69 Å². The van der Waals surface area contributed by atoms with E-state index in [1.165, 1.54) is 51.4 Å². The first-order chi connectivity index (χ1) is 15.6. The smallest absolute Gasteiger partial charge is 0.170 e. The van der Waals surface area contributed by atoms with Gasteiger partial charge in [0.05, 0.1) is 30.3 Å². The van der Waals surface area contributed by atoms with Crippen molar-refractivity contribution in [1.82, 2.24) is 4.98 Å². The molecule has 1 unspecified atom stereocenters. The fraction of sp³-hybridized carbons (Fsp3) is 0.667. The highest BCUT2D eigenvalue weighted by Crippen LogP contribution is 2.41. The van der Waals surface area contributed by atoms with Crippen LogP contribution in [0.25, 0.3) is 10.9 Å². The van der Waals surface area contributed by atoms with Gasteiger partial charge in [-0.2, -0.15) is 0 Å². The molecular weight excluding hydrogens is 398 g/mol. The Hall–Kier alpha value is -2.01. The summed E-state index contributed by atoms with van der Waals surface area (Å²) in [6.07, 6.45) is 15.6. The van der Waals surface area contributed by atoms with Crippen molar-refractivity contribution in [3.63, 3.8) is 0 Å². The summed E-state index contributed by atoms with van der Waals surface area (Å²) >= 11 is 0. The van der Waals surface area contributed by atoms with E-state index >= 15 is 0 Å². The van der Waals surface area contributed by atoms with Crippen LogP contribution >= 0.6 is 0 Å². The van der Waals surface area contributed by atoms with Crippen molar-refractivity contribution >= 4 is 16.6 Å². The maximum atomic E-state index is 6.30. The third-order valence-corrected chi connectivity index (χ3v) is 6.10. The topological polar surface area (TPSA) is 69.4 Å². The number of ether oxygens (including phenoxy) is 2. The quantitative estimate of drug-likeness (QED) is 0.258. The lowest BCUT2D eigenvalue weighted by molar-refractivity contribution is 0.288. The highest BCUT2D eigenvalue weighted by Gasteiger charge is 2.18. The van der Waals surface area contributed by atoms with Gasteiger partial charge in [-0.25, -0.2) is 0 Å². The maximum Gasteiger partial charge on any atom is 0.170 e. The van der Waals surface area contributed by atoms with Crippen LogP contribution in [0.2, 0.25) is 0 Å². The van der Waals surface area contributed by atoms with E-state index < -0.39 is 0 Å². The summed E-state index contributed by atoms with van der Waals surface area (Å²) in [5.74, 6) is 1.57. The molecule has 1 atom stereocenters. The van der Waals surface area contributed by atoms with Crippen molar-refractivity contribution in [2.75, 3.05) is 25.6 Å². The molecule has 5 heteroatoms. The van der Waals surface area contributed by atoms with Crippen molar-refractivity contribution < 1.29 is 9.47 Å². The number of aryl methyl sites for hydroxylation is 1. The van der Waals surface area contributed by atoms with E-state index in [-0.39, 0.29) is 0 Å². The lowest BCUT2D eigenvalue weighted by Gasteiger charge is -2.20. The summed E-state index contributed by atoms with van der Waals surface area (Å²) in [7, 11) is 1.71. The number of aromatic nitrogens is 1. The Labute approximate surface area is 195 Å². The number of pyridine rings is 1. The molecule has 0 aliphatic heterocycles. The number of rotatable bonds is 17. The lowest BCUT2D eigenvalue weighted by atomic mass is 10.1. The molecule has 0 amide bonds. The normalized spacial score (nSPS) is 12.2. The van der Waals surface area contributed by atoms with Crippen molar-refractivity contribution in [2.45, 2.75) is 97.4 Å². The van der Waals surface area contributed by atoms with E-state index in [1.54, 1.807) is 7.11 Å². The van der Waals surface area contributed by atoms with Gasteiger partial charge in [-0.05, 0) is 51.3 Å². The predicted molar refractivity (Wildman–Crippen MR) is 137 cm³/mol. The van der Waals surface area contributed by atoms with Gasteiger partial charge in [0, 0.05) is 18.3 Å². The zero-order valence-corrected chi connectivity index (χ0v) is 20.8. The number of unbranched alkanes of at least 4 members (excludes halogenated alkanes) is 8. The Morgan fingerprint density at radius 2 is 1.72 bits per heavy atom. The van der Waals surface area contributed by atoms with Gasteiger partial charge in [0.2, 0.25) is 0 Å². The van der Waals surface area contributed by atoms with Crippen LogP contribution in [0, 0.1) is 6.92 Å². The van der Waals surface area contributed by atoms with Gasteiger partial charge in [0.1, 0.15) is 0 Å². The van der Waals surface area contributed by atoms with E-state index in [0.717, 1.165) is 52.9 Å². The van der Waals surface area contributed by atoms with E-state index in [1.807, 2.05) is 18.3 Å². The average Bonchev–Trinajstić information content (AvgIpc) is 2.79. The minimum absolute atomic E-state index is 0.308. The molecule has 0 saturated carbocycles. The molecule has 0 fully saturated rings. The number of nitrogens with zero attached hydrogens (tertiary/aromatic N) is 1. The summed E-state index contributed by atoms with van der Waals surface area (Å²) in [6, 6.07) is 4.37. The summed E-state index contributed by atoms with van der Waals surface area (Å²) in [4.78, 5) is 4.69. The van der Waals surface area contributed by atoms with Gasteiger partial charge in [-0.3, -0.25) is 4.98 Å². The molecule has 1 aromatic carbocycles. The number of benzene rings is 1. The number of hydrogen-bond acceptors (Lipinski definition) is 5. The number of hydrogen-bond donors (Lipinski definition) is 2. The number of fused-ring (bicyclic) bond motifs is 1. The van der Waals surface area contributed by atoms with E-state index in [9.17, 15) is 0 Å². The van der Waals surface area contributed by atoms with Gasteiger partial charge in [-0.15, -0.1) is 0 Å². The van der Waals surface area contributed by atoms with E-state index in [4.69, 9.17) is 15.2 Å². The minimum Gasteiger partial charge on any atom is -0.493 e. The molecule has 0 aliphatic carbocycles. The predicted octanol–water partition coefficient (Wildman–Crippen LogP) is 7.00. The largest absolute Gasteiger partial charge is 0.493 e. The fourth-order valence-electron chi connectivity index (χ4n) is 4.19. The molecule has 0 bridgehead atoms. The SMILES string of the molecule is CCCCCCCCCCCOc1c(OC)cc(NC(C)CCCN)c2nccc(C)c12. The molecule has 5 nitrogen and oxygen atoms in total. The van der Waals surface area contributed by atoms with Gasteiger partial charge < -0.3 is 20.5 Å². The van der Waals surface area contributed by atoms with Gasteiger partial charge >= 0.3 is 0 Å². The van der Waals surface area contributed by atoms with E-state index in [0.29, 0.717) is 19.2 Å². The van der Waals surface area contributed by atoms with Crippen molar-refractivity contribution in [3.8, 4) is 11.5 Å². The Balaban J connectivity index is 2.01. The first kappa shape index (κ1) is 26.2. The number of nitrogens with one attached hydrogen (secondary N) is 1. The molecule has 3 N–H and O–H groups in total. The summed E-state index contributed by atoms with van der Waals surface area (Å²) < 4.78 is 12.0. The molecule has 1 heterocycles. The van der Waals surface area contributed by atoms with Crippen LogP contribution < -0.4 is 20.5 Å². The molecule has 0 saturated heterocycles. The molecule has 32 heavy (non-hydrogen) atoms. The van der Waals surface area contributed by atoms with Crippen LogP contribution in [0.15, 0.2) is 18.3 Å². The Kier molecular flexibility index (Phi) is 12.3. The van der Waals surface area contributed by atoms with Crippen LogP contribution in [0.5, 0.6) is 11.5 Å². The van der Waals surface area contributed by atoms with Crippen LogP contribution in [0.1, 0.15) is 90.0 Å². The summed E-state index contributed by atoms with van der Waals surface area (Å²) in [5, 5.41) is 4.64. The maximum absolute atomic E-state index is 6.30. The summed E-state index contributed by atoms with van der Waals surface area (Å²) in [6.45, 7) is 7.96. The van der Waals surface area contributed by atoms with E-state index in [2.05, 4.69) is 31.1 Å². The molecule has 0 aliphatic rings. The van der Waals surface area contributed by atoms with Crippen LogP contribution in [-0.2, 0) is 0 Å². The molecule has 2 rings (SSSR count). The third-order valence-electron chi connectivity index (χ3n) is 6.10. The molecule has 0 spiro atoms.